The predicted octanol–water partition coefficient (Wildman–Crippen LogP) is 3.97. The topological polar surface area (TPSA) is 40.5 Å². The van der Waals surface area contributed by atoms with Gasteiger partial charge in [-0.2, -0.15) is 0 Å². The highest BCUT2D eigenvalue weighted by Crippen LogP contribution is 2.11. The van der Waals surface area contributed by atoms with Gasteiger partial charge in [-0.05, 0) is 24.8 Å². The summed E-state index contributed by atoms with van der Waals surface area (Å²) >= 11 is 0. The first-order chi connectivity index (χ1) is 9.24. The molecule has 0 spiro atoms. The Morgan fingerprint density at radius 1 is 1.16 bits per heavy atom. The molecule has 1 heterocycles. The fraction of sp³-hybridized carbons (Fsp3) is 0.688. The lowest BCUT2D eigenvalue weighted by Crippen LogP contribution is -2.26. The van der Waals surface area contributed by atoms with E-state index in [-0.39, 0.29) is 0 Å². The van der Waals surface area contributed by atoms with Crippen LogP contribution in [-0.4, -0.2) is 29.1 Å². The molecule has 0 aromatic carbocycles. The third-order valence-electron chi connectivity index (χ3n) is 3.54. The molecule has 108 valence electrons. The quantitative estimate of drug-likeness (QED) is 0.608. The first-order valence-corrected chi connectivity index (χ1v) is 7.58. The summed E-state index contributed by atoms with van der Waals surface area (Å²) in [4.78, 5) is 13.0. The Bertz CT molecular complexity index is 321. The Morgan fingerprint density at radius 3 is 2.42 bits per heavy atom. The van der Waals surface area contributed by atoms with Crippen molar-refractivity contribution in [2.24, 2.45) is 0 Å². The highest BCUT2D eigenvalue weighted by atomic mass is 16.4. The van der Waals surface area contributed by atoms with Crippen molar-refractivity contribution in [3.63, 3.8) is 0 Å². The molecule has 0 bridgehead atoms. The Balaban J connectivity index is 2.00. The molecule has 0 fully saturated rings. The van der Waals surface area contributed by atoms with Crippen molar-refractivity contribution in [3.8, 4) is 0 Å². The van der Waals surface area contributed by atoms with Crippen LogP contribution >= 0.6 is 0 Å². The molecule has 3 nitrogen and oxygen atoms in total. The van der Waals surface area contributed by atoms with Crippen LogP contribution in [0.3, 0.4) is 0 Å². The maximum absolute atomic E-state index is 10.9. The summed E-state index contributed by atoms with van der Waals surface area (Å²) in [6.45, 7) is 3.75. The van der Waals surface area contributed by atoms with E-state index in [0.29, 0.717) is 12.1 Å². The largest absolute Gasteiger partial charge is 0.478 e. The molecule has 0 aromatic heterocycles. The third-order valence-corrected chi connectivity index (χ3v) is 3.54. The lowest BCUT2D eigenvalue weighted by molar-refractivity contribution is -0.132. The van der Waals surface area contributed by atoms with Crippen molar-refractivity contribution in [3.05, 3.63) is 23.9 Å². The third kappa shape index (κ3) is 7.04. The maximum Gasteiger partial charge on any atom is 0.333 e. The fourth-order valence-electron chi connectivity index (χ4n) is 2.35. The van der Waals surface area contributed by atoms with Gasteiger partial charge in [0.1, 0.15) is 0 Å². The second-order valence-corrected chi connectivity index (χ2v) is 5.28. The van der Waals surface area contributed by atoms with Crippen LogP contribution in [0.2, 0.25) is 0 Å². The summed E-state index contributed by atoms with van der Waals surface area (Å²) in [7, 11) is 0. The molecule has 0 atom stereocenters. The number of rotatable bonds is 10. The van der Waals surface area contributed by atoms with Crippen LogP contribution in [0.4, 0.5) is 0 Å². The van der Waals surface area contributed by atoms with Crippen molar-refractivity contribution in [1.29, 1.82) is 0 Å². The molecule has 0 saturated heterocycles. The molecule has 0 unspecified atom stereocenters. The minimum Gasteiger partial charge on any atom is -0.478 e. The molecule has 1 aliphatic rings. The van der Waals surface area contributed by atoms with E-state index in [9.17, 15) is 4.79 Å². The number of hydrogen-bond acceptors (Lipinski definition) is 2. The van der Waals surface area contributed by atoms with Gasteiger partial charge in [-0.1, -0.05) is 51.9 Å². The Labute approximate surface area is 117 Å². The van der Waals surface area contributed by atoms with E-state index in [1.54, 1.807) is 6.08 Å². The van der Waals surface area contributed by atoms with Crippen LogP contribution in [-0.2, 0) is 4.79 Å². The maximum atomic E-state index is 10.9. The van der Waals surface area contributed by atoms with Crippen molar-refractivity contribution in [1.82, 2.24) is 4.90 Å². The lowest BCUT2D eigenvalue weighted by atomic mass is 10.1. The van der Waals surface area contributed by atoms with Gasteiger partial charge in [-0.25, -0.2) is 4.79 Å². The predicted molar refractivity (Wildman–Crippen MR) is 79.0 cm³/mol. The molecule has 1 N–H and O–H groups in total. The van der Waals surface area contributed by atoms with Gasteiger partial charge in [0, 0.05) is 13.1 Å². The van der Waals surface area contributed by atoms with Gasteiger partial charge < -0.3 is 10.0 Å². The van der Waals surface area contributed by atoms with E-state index >= 15 is 0 Å². The smallest absolute Gasteiger partial charge is 0.333 e. The van der Waals surface area contributed by atoms with E-state index in [4.69, 9.17) is 5.11 Å². The molecule has 1 aliphatic heterocycles. The first kappa shape index (κ1) is 15.8. The standard InChI is InChI=1S/C16H27NO2/c1-2-3-4-5-6-7-8-9-12-17-13-10-11-15(14-17)16(18)19/h10-11,13H,2-9,12,14H2,1H3,(H,18,19). The molecule has 1 rings (SSSR count). The van der Waals surface area contributed by atoms with E-state index in [1.165, 1.54) is 44.9 Å². The van der Waals surface area contributed by atoms with Gasteiger partial charge in [-0.15, -0.1) is 0 Å². The molecule has 0 saturated carbocycles. The number of carboxylic acid groups (broad SMARTS) is 1. The number of allylic oxidation sites excluding steroid dienone is 2. The Hall–Kier alpha value is -1.25. The molecule has 3 heteroatoms. The zero-order valence-electron chi connectivity index (χ0n) is 12.1. The normalized spacial score (nSPS) is 14.6. The minimum absolute atomic E-state index is 0.488. The summed E-state index contributed by atoms with van der Waals surface area (Å²) in [5, 5.41) is 8.94. The number of carbonyl (C=O) groups is 1. The molecular weight excluding hydrogens is 238 g/mol. The average Bonchev–Trinajstić information content (AvgIpc) is 2.42. The molecule has 0 radical (unpaired) electrons. The van der Waals surface area contributed by atoms with Gasteiger partial charge in [0.15, 0.2) is 0 Å². The number of nitrogens with zero attached hydrogens (tertiary/aromatic N) is 1. The van der Waals surface area contributed by atoms with E-state index in [1.807, 2.05) is 12.3 Å². The highest BCUT2D eigenvalue weighted by Gasteiger charge is 2.12. The minimum atomic E-state index is -0.801. The molecule has 0 amide bonds. The summed E-state index contributed by atoms with van der Waals surface area (Å²) in [5.41, 5.74) is 0.488. The van der Waals surface area contributed by atoms with Gasteiger partial charge >= 0.3 is 5.97 Å². The SMILES string of the molecule is CCCCCCCCCCN1C=CC=C(C(=O)O)C1. The zero-order valence-corrected chi connectivity index (χ0v) is 12.1. The number of hydrogen-bond donors (Lipinski definition) is 1. The van der Waals surface area contributed by atoms with Crippen LogP contribution in [0.25, 0.3) is 0 Å². The van der Waals surface area contributed by atoms with E-state index < -0.39 is 5.97 Å². The monoisotopic (exact) mass is 265 g/mol. The zero-order chi connectivity index (χ0) is 13.9. The highest BCUT2D eigenvalue weighted by molar-refractivity contribution is 5.87. The average molecular weight is 265 g/mol. The lowest BCUT2D eigenvalue weighted by Gasteiger charge is -2.22. The molecular formula is C16H27NO2. The first-order valence-electron chi connectivity index (χ1n) is 7.58. The molecule has 19 heavy (non-hydrogen) atoms. The van der Waals surface area contributed by atoms with Crippen LogP contribution in [0.1, 0.15) is 58.3 Å². The van der Waals surface area contributed by atoms with E-state index in [2.05, 4.69) is 11.8 Å². The van der Waals surface area contributed by atoms with Crippen molar-refractivity contribution in [2.75, 3.05) is 13.1 Å². The van der Waals surface area contributed by atoms with Crippen molar-refractivity contribution in [2.45, 2.75) is 58.3 Å². The van der Waals surface area contributed by atoms with Crippen molar-refractivity contribution < 1.29 is 9.90 Å². The van der Waals surface area contributed by atoms with Crippen LogP contribution in [0.15, 0.2) is 23.9 Å². The van der Waals surface area contributed by atoms with Crippen LogP contribution < -0.4 is 0 Å². The van der Waals surface area contributed by atoms with Crippen LogP contribution in [0.5, 0.6) is 0 Å². The van der Waals surface area contributed by atoms with E-state index in [0.717, 1.165) is 13.0 Å². The number of aliphatic carboxylic acids is 1. The van der Waals surface area contributed by atoms with Gasteiger partial charge in [0.25, 0.3) is 0 Å². The molecule has 0 aliphatic carbocycles. The number of unbranched alkanes of at least 4 members (excludes halogenated alkanes) is 7. The van der Waals surface area contributed by atoms with Gasteiger partial charge in [0.05, 0.1) is 5.57 Å². The fourth-order valence-corrected chi connectivity index (χ4v) is 2.35. The van der Waals surface area contributed by atoms with Gasteiger partial charge in [-0.3, -0.25) is 0 Å². The summed E-state index contributed by atoms with van der Waals surface area (Å²) < 4.78 is 0. The second-order valence-electron chi connectivity index (χ2n) is 5.28. The summed E-state index contributed by atoms with van der Waals surface area (Å²) in [6, 6.07) is 0. The summed E-state index contributed by atoms with van der Waals surface area (Å²) in [5.74, 6) is -0.801. The van der Waals surface area contributed by atoms with Gasteiger partial charge in [0.2, 0.25) is 0 Å². The van der Waals surface area contributed by atoms with Crippen molar-refractivity contribution >= 4 is 5.97 Å². The Kier molecular flexibility index (Phi) is 8.03. The number of carboxylic acids is 1. The Morgan fingerprint density at radius 2 is 1.79 bits per heavy atom. The molecule has 0 aromatic rings. The summed E-state index contributed by atoms with van der Waals surface area (Å²) in [6.07, 6.45) is 16.0. The van der Waals surface area contributed by atoms with Crippen LogP contribution in [0, 0.1) is 0 Å². The second kappa shape index (κ2) is 9.65.